The first-order valence-electron chi connectivity index (χ1n) is 10.6. The molecule has 4 rings (SSSR count). The first-order chi connectivity index (χ1) is 16.0. The Morgan fingerprint density at radius 1 is 1.00 bits per heavy atom. The Labute approximate surface area is 196 Å². The van der Waals surface area contributed by atoms with Crippen LogP contribution in [0.2, 0.25) is 0 Å². The van der Waals surface area contributed by atoms with Gasteiger partial charge in [0.15, 0.2) is 11.5 Å². The highest BCUT2D eigenvalue weighted by atomic mass is 32.1. The third kappa shape index (κ3) is 4.79. The van der Waals surface area contributed by atoms with Gasteiger partial charge in [-0.2, -0.15) is 0 Å². The average molecular weight is 472 g/mol. The van der Waals surface area contributed by atoms with Crippen LogP contribution in [0.25, 0.3) is 10.6 Å². The van der Waals surface area contributed by atoms with E-state index in [1.165, 1.54) is 23.6 Å². The van der Waals surface area contributed by atoms with Crippen molar-refractivity contribution in [2.24, 2.45) is 0 Å². The standard InChI is InChI=1S/C24H26FN3O4S/c1-30-19-9-8-16(21(31-2)22(19)32-3)15-27-10-12-28(13-11-27)24(29)20-14-26-23(33-20)17-6-4-5-7-18(17)25/h4-9,14H,10-13,15H2,1-3H3. The van der Waals surface area contributed by atoms with Gasteiger partial charge < -0.3 is 19.1 Å². The molecule has 0 saturated carbocycles. The Bertz CT molecular complexity index is 1130. The zero-order chi connectivity index (χ0) is 23.4. The highest BCUT2D eigenvalue weighted by Gasteiger charge is 2.25. The molecular formula is C24H26FN3O4S. The molecule has 0 aliphatic carbocycles. The zero-order valence-corrected chi connectivity index (χ0v) is 19.7. The van der Waals surface area contributed by atoms with Gasteiger partial charge >= 0.3 is 0 Å². The summed E-state index contributed by atoms with van der Waals surface area (Å²) in [5.41, 5.74) is 1.40. The van der Waals surface area contributed by atoms with Crippen LogP contribution in [0.1, 0.15) is 15.2 Å². The molecule has 1 amide bonds. The van der Waals surface area contributed by atoms with E-state index >= 15 is 0 Å². The number of hydrogen-bond donors (Lipinski definition) is 0. The van der Waals surface area contributed by atoms with Gasteiger partial charge in [0.2, 0.25) is 5.75 Å². The third-order valence-corrected chi connectivity index (χ3v) is 6.68. The van der Waals surface area contributed by atoms with Gasteiger partial charge in [-0.3, -0.25) is 9.69 Å². The molecule has 0 spiro atoms. The number of methoxy groups -OCH3 is 3. The monoisotopic (exact) mass is 471 g/mol. The molecule has 33 heavy (non-hydrogen) atoms. The summed E-state index contributed by atoms with van der Waals surface area (Å²) in [6.07, 6.45) is 1.54. The molecule has 2 aromatic carbocycles. The number of hydrogen-bond acceptors (Lipinski definition) is 7. The molecule has 0 unspecified atom stereocenters. The van der Waals surface area contributed by atoms with Gasteiger partial charge in [-0.25, -0.2) is 9.37 Å². The fourth-order valence-corrected chi connectivity index (χ4v) is 4.84. The lowest BCUT2D eigenvalue weighted by Crippen LogP contribution is -2.48. The molecule has 1 aromatic heterocycles. The van der Waals surface area contributed by atoms with E-state index in [9.17, 15) is 9.18 Å². The smallest absolute Gasteiger partial charge is 0.265 e. The van der Waals surface area contributed by atoms with Gasteiger partial charge in [0, 0.05) is 43.9 Å². The minimum Gasteiger partial charge on any atom is -0.493 e. The molecule has 0 N–H and O–H groups in total. The van der Waals surface area contributed by atoms with Crippen LogP contribution < -0.4 is 14.2 Å². The molecule has 1 aliphatic heterocycles. The van der Waals surface area contributed by atoms with E-state index in [1.807, 2.05) is 17.0 Å². The molecule has 7 nitrogen and oxygen atoms in total. The van der Waals surface area contributed by atoms with Crippen molar-refractivity contribution >= 4 is 17.2 Å². The van der Waals surface area contributed by atoms with E-state index in [0.29, 0.717) is 52.3 Å². The summed E-state index contributed by atoms with van der Waals surface area (Å²) in [6.45, 7) is 3.32. The summed E-state index contributed by atoms with van der Waals surface area (Å²) < 4.78 is 30.5. The topological polar surface area (TPSA) is 64.1 Å². The molecule has 2 heterocycles. The molecule has 1 fully saturated rings. The summed E-state index contributed by atoms with van der Waals surface area (Å²) >= 11 is 1.22. The summed E-state index contributed by atoms with van der Waals surface area (Å²) in [4.78, 5) is 21.9. The lowest BCUT2D eigenvalue weighted by Gasteiger charge is -2.34. The average Bonchev–Trinajstić information content (AvgIpc) is 3.34. The normalized spacial score (nSPS) is 14.2. The molecule has 0 atom stereocenters. The van der Waals surface area contributed by atoms with Crippen molar-refractivity contribution in [3.05, 3.63) is 58.9 Å². The Morgan fingerprint density at radius 2 is 1.73 bits per heavy atom. The van der Waals surface area contributed by atoms with E-state index in [4.69, 9.17) is 14.2 Å². The molecular weight excluding hydrogens is 445 g/mol. The van der Waals surface area contributed by atoms with Crippen LogP contribution in [0.3, 0.4) is 0 Å². The molecule has 174 valence electrons. The van der Waals surface area contributed by atoms with Gasteiger partial charge in [-0.15, -0.1) is 11.3 Å². The predicted octanol–water partition coefficient (Wildman–Crippen LogP) is 3.93. The number of ether oxygens (including phenoxy) is 3. The van der Waals surface area contributed by atoms with Gasteiger partial charge in [-0.1, -0.05) is 18.2 Å². The van der Waals surface area contributed by atoms with Gasteiger partial charge in [0.05, 0.1) is 27.5 Å². The number of nitrogens with zero attached hydrogens (tertiary/aromatic N) is 3. The van der Waals surface area contributed by atoms with Crippen LogP contribution in [0.4, 0.5) is 4.39 Å². The predicted molar refractivity (Wildman–Crippen MR) is 125 cm³/mol. The largest absolute Gasteiger partial charge is 0.493 e. The fraction of sp³-hybridized carbons (Fsp3) is 0.333. The number of halogens is 1. The van der Waals surface area contributed by atoms with Crippen molar-refractivity contribution < 1.29 is 23.4 Å². The van der Waals surface area contributed by atoms with Crippen LogP contribution in [-0.2, 0) is 6.54 Å². The second-order valence-corrected chi connectivity index (χ2v) is 8.60. The maximum Gasteiger partial charge on any atom is 0.265 e. The summed E-state index contributed by atoms with van der Waals surface area (Å²) in [5, 5.41) is 0.510. The number of carbonyl (C=O) groups is 1. The van der Waals surface area contributed by atoms with Crippen LogP contribution in [0, 0.1) is 5.82 Å². The molecule has 0 bridgehead atoms. The first-order valence-corrected chi connectivity index (χ1v) is 11.4. The second-order valence-electron chi connectivity index (χ2n) is 7.57. The number of carbonyl (C=O) groups excluding carboxylic acids is 1. The minimum atomic E-state index is -0.343. The van der Waals surface area contributed by atoms with Crippen LogP contribution in [-0.4, -0.2) is 68.2 Å². The van der Waals surface area contributed by atoms with E-state index in [0.717, 1.165) is 18.7 Å². The number of thiazole rings is 1. The van der Waals surface area contributed by atoms with E-state index in [2.05, 4.69) is 9.88 Å². The number of piperazine rings is 1. The SMILES string of the molecule is COc1ccc(CN2CCN(C(=O)c3cnc(-c4ccccc4F)s3)CC2)c(OC)c1OC. The van der Waals surface area contributed by atoms with Crippen molar-refractivity contribution in [3.8, 4) is 27.8 Å². The summed E-state index contributed by atoms with van der Waals surface area (Å²) in [7, 11) is 4.79. The number of aromatic nitrogens is 1. The molecule has 1 saturated heterocycles. The van der Waals surface area contributed by atoms with Crippen molar-refractivity contribution in [3.63, 3.8) is 0 Å². The molecule has 1 aliphatic rings. The summed E-state index contributed by atoms with van der Waals surface area (Å²) in [5.74, 6) is 1.43. The van der Waals surface area contributed by atoms with Crippen LogP contribution in [0.5, 0.6) is 17.2 Å². The zero-order valence-electron chi connectivity index (χ0n) is 18.8. The van der Waals surface area contributed by atoms with Crippen molar-refractivity contribution in [2.45, 2.75) is 6.54 Å². The number of benzene rings is 2. The Morgan fingerprint density at radius 3 is 2.39 bits per heavy atom. The first kappa shape index (κ1) is 23.0. The van der Waals surface area contributed by atoms with Crippen molar-refractivity contribution in [1.82, 2.24) is 14.8 Å². The quantitative estimate of drug-likeness (QED) is 0.520. The minimum absolute atomic E-state index is 0.0709. The van der Waals surface area contributed by atoms with Gasteiger partial charge in [0.1, 0.15) is 15.7 Å². The lowest BCUT2D eigenvalue weighted by atomic mass is 10.1. The second kappa shape index (κ2) is 10.2. The molecule has 0 radical (unpaired) electrons. The van der Waals surface area contributed by atoms with Crippen molar-refractivity contribution in [1.29, 1.82) is 0 Å². The fourth-order valence-electron chi connectivity index (χ4n) is 3.93. The van der Waals surface area contributed by atoms with Gasteiger partial charge in [-0.05, 0) is 18.2 Å². The maximum atomic E-state index is 14.0. The van der Waals surface area contributed by atoms with E-state index in [1.54, 1.807) is 39.5 Å². The van der Waals surface area contributed by atoms with Crippen molar-refractivity contribution in [2.75, 3.05) is 47.5 Å². The van der Waals surface area contributed by atoms with E-state index < -0.39 is 0 Å². The van der Waals surface area contributed by atoms with Gasteiger partial charge in [0.25, 0.3) is 5.91 Å². The highest BCUT2D eigenvalue weighted by Crippen LogP contribution is 2.40. The number of amides is 1. The van der Waals surface area contributed by atoms with Crippen LogP contribution in [0.15, 0.2) is 42.6 Å². The highest BCUT2D eigenvalue weighted by molar-refractivity contribution is 7.16. The Hall–Kier alpha value is -3.17. The molecule has 3 aromatic rings. The third-order valence-electron chi connectivity index (χ3n) is 5.66. The maximum absolute atomic E-state index is 14.0. The van der Waals surface area contributed by atoms with Crippen LogP contribution >= 0.6 is 11.3 Å². The molecule has 9 heteroatoms. The summed E-state index contributed by atoms with van der Waals surface area (Å²) in [6, 6.07) is 10.3. The lowest BCUT2D eigenvalue weighted by molar-refractivity contribution is 0.0632. The number of rotatable bonds is 7. The van der Waals surface area contributed by atoms with E-state index in [-0.39, 0.29) is 11.7 Å². The Balaban J connectivity index is 1.40. The Kier molecular flexibility index (Phi) is 7.10.